The Bertz CT molecular complexity index is 1260. The van der Waals surface area contributed by atoms with Gasteiger partial charge in [-0.25, -0.2) is 4.79 Å². The van der Waals surface area contributed by atoms with E-state index in [0.717, 1.165) is 4.88 Å². The molecule has 10 heteroatoms. The second-order valence-corrected chi connectivity index (χ2v) is 7.61. The van der Waals surface area contributed by atoms with Crippen LogP contribution in [-0.4, -0.2) is 17.5 Å². The van der Waals surface area contributed by atoms with E-state index in [1.54, 1.807) is 18.2 Å². The van der Waals surface area contributed by atoms with Crippen molar-refractivity contribution in [3.63, 3.8) is 0 Å². The first-order chi connectivity index (χ1) is 15.5. The number of carbonyl (C=O) groups is 1. The largest absolute Gasteiger partial charge is 0.475 e. The Hall–Kier alpha value is -4.36. The third-order valence-corrected chi connectivity index (χ3v) is 5.59. The molecule has 0 amide bonds. The molecule has 2 aromatic carbocycles. The van der Waals surface area contributed by atoms with Gasteiger partial charge in [0.05, 0.1) is 10.8 Å². The molecular formula is C22H15N3O6S. The number of nitro groups is 1. The third-order valence-electron chi connectivity index (χ3n) is 4.66. The van der Waals surface area contributed by atoms with Gasteiger partial charge in [0.1, 0.15) is 23.1 Å². The van der Waals surface area contributed by atoms with Crippen LogP contribution in [0.3, 0.4) is 0 Å². The number of benzene rings is 2. The average Bonchev–Trinajstić information content (AvgIpc) is 3.31. The minimum absolute atomic E-state index is 0.0124. The minimum atomic E-state index is -0.755. The molecule has 1 aliphatic rings. The Balaban J connectivity index is 1.51. The molecule has 0 bridgehead atoms. The quantitative estimate of drug-likeness (QED) is 0.259. The number of esters is 1. The Morgan fingerprint density at radius 3 is 2.78 bits per heavy atom. The molecule has 1 aromatic heterocycles. The van der Waals surface area contributed by atoms with Crippen LogP contribution in [-0.2, 0) is 4.79 Å². The van der Waals surface area contributed by atoms with Crippen molar-refractivity contribution in [1.29, 1.82) is 5.26 Å². The summed E-state index contributed by atoms with van der Waals surface area (Å²) in [5, 5.41) is 22.5. The van der Waals surface area contributed by atoms with Gasteiger partial charge in [0.2, 0.25) is 5.88 Å². The molecule has 2 N–H and O–H groups in total. The molecule has 0 aliphatic carbocycles. The maximum atomic E-state index is 12.2. The molecule has 9 nitrogen and oxygen atoms in total. The molecule has 32 heavy (non-hydrogen) atoms. The number of allylic oxidation sites excluding steroid dienone is 1. The first-order valence-electron chi connectivity index (χ1n) is 9.29. The molecule has 2 heterocycles. The highest BCUT2D eigenvalue weighted by Crippen LogP contribution is 2.44. The fourth-order valence-electron chi connectivity index (χ4n) is 3.27. The topological polar surface area (TPSA) is 138 Å². The molecule has 1 atom stereocenters. The molecular weight excluding hydrogens is 434 g/mol. The zero-order valence-electron chi connectivity index (χ0n) is 16.4. The Labute approximate surface area is 186 Å². The van der Waals surface area contributed by atoms with E-state index in [2.05, 4.69) is 6.07 Å². The lowest BCUT2D eigenvalue weighted by Gasteiger charge is -2.25. The van der Waals surface area contributed by atoms with Gasteiger partial charge in [0.25, 0.3) is 0 Å². The van der Waals surface area contributed by atoms with Crippen LogP contribution in [0.2, 0.25) is 0 Å². The van der Waals surface area contributed by atoms with Crippen LogP contribution in [0.1, 0.15) is 16.4 Å². The third kappa shape index (κ3) is 4.10. The summed E-state index contributed by atoms with van der Waals surface area (Å²) in [4.78, 5) is 23.6. The van der Waals surface area contributed by atoms with Crippen molar-refractivity contribution in [2.75, 3.05) is 6.61 Å². The van der Waals surface area contributed by atoms with Crippen LogP contribution in [0.15, 0.2) is 71.4 Å². The SMILES string of the molecule is N#CC1=C(N)Oc2cc(OC(=O)COc3ccccc3[N+](=O)[O-])ccc2C1c1cccs1. The van der Waals surface area contributed by atoms with Gasteiger partial charge in [-0.1, -0.05) is 24.3 Å². The van der Waals surface area contributed by atoms with Crippen molar-refractivity contribution in [2.45, 2.75) is 5.92 Å². The minimum Gasteiger partial charge on any atom is -0.475 e. The number of nitrogens with zero attached hydrogens (tertiary/aromatic N) is 2. The lowest BCUT2D eigenvalue weighted by Crippen LogP contribution is -2.21. The summed E-state index contributed by atoms with van der Waals surface area (Å²) in [5.74, 6) is -0.640. The predicted octanol–water partition coefficient (Wildman–Crippen LogP) is 3.86. The van der Waals surface area contributed by atoms with Crippen molar-refractivity contribution in [1.82, 2.24) is 0 Å². The van der Waals surface area contributed by atoms with Gasteiger partial charge in [-0.15, -0.1) is 11.3 Å². The number of hydrogen-bond donors (Lipinski definition) is 1. The van der Waals surface area contributed by atoms with E-state index in [1.165, 1.54) is 35.6 Å². The first kappa shape index (κ1) is 20.9. The Morgan fingerprint density at radius 2 is 2.06 bits per heavy atom. The molecule has 0 saturated carbocycles. The second kappa shape index (κ2) is 8.79. The molecule has 160 valence electrons. The van der Waals surface area contributed by atoms with Gasteiger partial charge >= 0.3 is 11.7 Å². The molecule has 0 fully saturated rings. The number of para-hydroxylation sites is 2. The Kier molecular flexibility index (Phi) is 5.74. The number of carbonyl (C=O) groups excluding carboxylic acids is 1. The summed E-state index contributed by atoms with van der Waals surface area (Å²) in [7, 11) is 0. The normalized spacial score (nSPS) is 14.7. The summed E-state index contributed by atoms with van der Waals surface area (Å²) < 4.78 is 16.1. The summed E-state index contributed by atoms with van der Waals surface area (Å²) in [6.45, 7) is -0.527. The van der Waals surface area contributed by atoms with Crippen molar-refractivity contribution >= 4 is 23.0 Å². The van der Waals surface area contributed by atoms with E-state index >= 15 is 0 Å². The molecule has 0 spiro atoms. The fourth-order valence-corrected chi connectivity index (χ4v) is 4.13. The zero-order chi connectivity index (χ0) is 22.7. The van der Waals surface area contributed by atoms with E-state index in [4.69, 9.17) is 19.9 Å². The second-order valence-electron chi connectivity index (χ2n) is 6.63. The number of rotatable bonds is 6. The predicted molar refractivity (Wildman–Crippen MR) is 114 cm³/mol. The maximum absolute atomic E-state index is 12.2. The van der Waals surface area contributed by atoms with Crippen LogP contribution < -0.4 is 19.9 Å². The number of nitriles is 1. The molecule has 4 rings (SSSR count). The lowest BCUT2D eigenvalue weighted by atomic mass is 9.88. The number of thiophene rings is 1. The van der Waals surface area contributed by atoms with Gasteiger partial charge in [0, 0.05) is 22.6 Å². The highest BCUT2D eigenvalue weighted by molar-refractivity contribution is 7.10. The molecule has 1 unspecified atom stereocenters. The van der Waals surface area contributed by atoms with Gasteiger partial charge in [-0.2, -0.15) is 5.26 Å². The highest BCUT2D eigenvalue weighted by atomic mass is 32.1. The van der Waals surface area contributed by atoms with E-state index < -0.39 is 17.5 Å². The summed E-state index contributed by atoms with van der Waals surface area (Å²) in [6, 6.07) is 16.4. The summed E-state index contributed by atoms with van der Waals surface area (Å²) >= 11 is 1.49. The van der Waals surface area contributed by atoms with E-state index in [0.29, 0.717) is 16.9 Å². The van der Waals surface area contributed by atoms with Crippen LogP contribution in [0, 0.1) is 21.4 Å². The van der Waals surface area contributed by atoms with Crippen molar-refractivity contribution < 1.29 is 23.9 Å². The van der Waals surface area contributed by atoms with Gasteiger partial charge < -0.3 is 19.9 Å². The number of hydrogen-bond acceptors (Lipinski definition) is 9. The van der Waals surface area contributed by atoms with Gasteiger partial charge in [-0.05, 0) is 23.6 Å². The van der Waals surface area contributed by atoms with Gasteiger partial charge in [0.15, 0.2) is 12.4 Å². The molecule has 3 aromatic rings. The monoisotopic (exact) mass is 449 g/mol. The maximum Gasteiger partial charge on any atom is 0.349 e. The van der Waals surface area contributed by atoms with Crippen LogP contribution >= 0.6 is 11.3 Å². The fraction of sp³-hybridized carbons (Fsp3) is 0.0909. The van der Waals surface area contributed by atoms with Crippen molar-refractivity contribution in [2.24, 2.45) is 5.73 Å². The lowest BCUT2D eigenvalue weighted by molar-refractivity contribution is -0.385. The number of nitro benzene ring substituents is 1. The van der Waals surface area contributed by atoms with Crippen molar-refractivity contribution in [3.8, 4) is 23.3 Å². The summed E-state index contributed by atoms with van der Waals surface area (Å²) in [6.07, 6.45) is 0. The number of ether oxygens (including phenoxy) is 3. The van der Waals surface area contributed by atoms with Crippen molar-refractivity contribution in [3.05, 3.63) is 92.0 Å². The zero-order valence-corrected chi connectivity index (χ0v) is 17.2. The standard InChI is InChI=1S/C22H15N3O6S/c23-11-15-21(19-6-3-9-32-19)14-8-7-13(10-18(14)31-22(15)24)30-20(26)12-29-17-5-2-1-4-16(17)25(27)28/h1-10,21H,12,24H2. The Morgan fingerprint density at radius 1 is 1.25 bits per heavy atom. The molecule has 0 saturated heterocycles. The van der Waals surface area contributed by atoms with E-state index in [-0.39, 0.29) is 29.0 Å². The van der Waals surface area contributed by atoms with Gasteiger partial charge in [-0.3, -0.25) is 10.1 Å². The van der Waals surface area contributed by atoms with Crippen LogP contribution in [0.25, 0.3) is 0 Å². The van der Waals surface area contributed by atoms with Crippen LogP contribution in [0.4, 0.5) is 5.69 Å². The highest BCUT2D eigenvalue weighted by Gasteiger charge is 2.31. The molecule has 0 radical (unpaired) electrons. The summed E-state index contributed by atoms with van der Waals surface area (Å²) in [5.41, 5.74) is 6.73. The van der Waals surface area contributed by atoms with Crippen LogP contribution in [0.5, 0.6) is 17.2 Å². The first-order valence-corrected chi connectivity index (χ1v) is 10.2. The van der Waals surface area contributed by atoms with E-state index in [9.17, 15) is 20.2 Å². The average molecular weight is 449 g/mol. The molecule has 1 aliphatic heterocycles. The van der Waals surface area contributed by atoms with E-state index in [1.807, 2.05) is 17.5 Å². The smallest absolute Gasteiger partial charge is 0.349 e. The number of fused-ring (bicyclic) bond motifs is 1. The number of nitrogens with two attached hydrogens (primary N) is 1.